The Morgan fingerprint density at radius 2 is 1.59 bits per heavy atom. The molecule has 0 spiro atoms. The standard InChI is InChI=1S/C23H28Cl2FN3O4S/c1-15(2)12-27-23(31)16(3)28(13-19-20(24)6-5-7-21(19)25)22(30)14-29(34(4,32)33)18-10-8-17(26)9-11-18/h5-11,15-16H,12-14H2,1-4H3,(H,27,31)/t16-/m1/s1. The molecule has 0 unspecified atom stereocenters. The number of hydrogen-bond acceptors (Lipinski definition) is 4. The van der Waals surface area contributed by atoms with E-state index in [1.165, 1.54) is 17.0 Å². The van der Waals surface area contributed by atoms with Gasteiger partial charge < -0.3 is 10.2 Å². The van der Waals surface area contributed by atoms with Gasteiger partial charge in [-0.15, -0.1) is 0 Å². The first-order chi connectivity index (χ1) is 15.8. The molecule has 7 nitrogen and oxygen atoms in total. The highest BCUT2D eigenvalue weighted by atomic mass is 35.5. The van der Waals surface area contributed by atoms with Gasteiger partial charge in [0.05, 0.1) is 11.9 Å². The lowest BCUT2D eigenvalue weighted by Crippen LogP contribution is -2.51. The second-order valence-corrected chi connectivity index (χ2v) is 11.0. The summed E-state index contributed by atoms with van der Waals surface area (Å²) in [6, 6.07) is 8.64. The highest BCUT2D eigenvalue weighted by molar-refractivity contribution is 7.92. The van der Waals surface area contributed by atoms with E-state index < -0.39 is 40.2 Å². The van der Waals surface area contributed by atoms with E-state index in [4.69, 9.17) is 23.2 Å². The number of anilines is 1. The fraction of sp³-hybridized carbons (Fsp3) is 0.391. The van der Waals surface area contributed by atoms with Crippen LogP contribution in [0.25, 0.3) is 0 Å². The van der Waals surface area contributed by atoms with Crippen LogP contribution in [-0.2, 0) is 26.2 Å². The topological polar surface area (TPSA) is 86.8 Å². The summed E-state index contributed by atoms with van der Waals surface area (Å²) in [6.07, 6.45) is 0.942. The smallest absolute Gasteiger partial charge is 0.244 e. The van der Waals surface area contributed by atoms with Crippen molar-refractivity contribution in [1.82, 2.24) is 10.2 Å². The molecule has 1 N–H and O–H groups in total. The minimum absolute atomic E-state index is 0.116. The van der Waals surface area contributed by atoms with Crippen LogP contribution in [0.2, 0.25) is 10.0 Å². The maximum absolute atomic E-state index is 13.4. The molecule has 0 bridgehead atoms. The molecule has 2 amide bonds. The summed E-state index contributed by atoms with van der Waals surface area (Å²) in [7, 11) is -3.91. The number of nitrogens with one attached hydrogen (secondary N) is 1. The Morgan fingerprint density at radius 3 is 2.09 bits per heavy atom. The quantitative estimate of drug-likeness (QED) is 0.500. The molecule has 11 heteroatoms. The highest BCUT2D eigenvalue weighted by Crippen LogP contribution is 2.27. The molecular weight excluding hydrogens is 504 g/mol. The van der Waals surface area contributed by atoms with Gasteiger partial charge in [0, 0.05) is 28.7 Å². The van der Waals surface area contributed by atoms with Gasteiger partial charge in [0.15, 0.2) is 0 Å². The van der Waals surface area contributed by atoms with E-state index in [1.54, 1.807) is 25.1 Å². The largest absolute Gasteiger partial charge is 0.354 e. The van der Waals surface area contributed by atoms with Crippen LogP contribution in [-0.4, -0.2) is 50.5 Å². The average Bonchev–Trinajstić information content (AvgIpc) is 2.75. The SMILES string of the molecule is CC(C)CNC(=O)[C@@H](C)N(Cc1c(Cl)cccc1Cl)C(=O)CN(c1ccc(F)cc1)S(C)(=O)=O. The summed E-state index contributed by atoms with van der Waals surface area (Å²) in [5.74, 6) is -1.41. The summed E-state index contributed by atoms with van der Waals surface area (Å²) in [4.78, 5) is 27.5. The van der Waals surface area contributed by atoms with Crippen LogP contribution in [0.1, 0.15) is 26.3 Å². The van der Waals surface area contributed by atoms with Gasteiger partial charge >= 0.3 is 0 Å². The van der Waals surface area contributed by atoms with Crippen molar-refractivity contribution in [2.75, 3.05) is 23.7 Å². The first-order valence-electron chi connectivity index (χ1n) is 10.5. The minimum Gasteiger partial charge on any atom is -0.354 e. The van der Waals surface area contributed by atoms with Gasteiger partial charge in [-0.1, -0.05) is 43.1 Å². The lowest BCUT2D eigenvalue weighted by molar-refractivity contribution is -0.139. The van der Waals surface area contributed by atoms with Gasteiger partial charge in [-0.25, -0.2) is 12.8 Å². The Morgan fingerprint density at radius 1 is 1.03 bits per heavy atom. The molecule has 0 saturated carbocycles. The lowest BCUT2D eigenvalue weighted by atomic mass is 10.1. The molecule has 186 valence electrons. The summed E-state index contributed by atoms with van der Waals surface area (Å²) >= 11 is 12.6. The van der Waals surface area contributed by atoms with Crippen molar-refractivity contribution in [2.45, 2.75) is 33.4 Å². The Bertz CT molecular complexity index is 1110. The molecule has 0 radical (unpaired) electrons. The zero-order chi connectivity index (χ0) is 25.6. The molecule has 2 aromatic carbocycles. The normalized spacial score (nSPS) is 12.4. The molecular formula is C23H28Cl2FN3O4S. The Balaban J connectivity index is 2.41. The Labute approximate surface area is 209 Å². The number of amides is 2. The molecule has 0 aliphatic rings. The Kier molecular flexibility index (Phi) is 9.73. The number of nitrogens with zero attached hydrogens (tertiary/aromatic N) is 2. The van der Waals surface area contributed by atoms with Gasteiger partial charge in [0.1, 0.15) is 18.4 Å². The third-order valence-corrected chi connectivity index (χ3v) is 6.88. The molecule has 0 aliphatic heterocycles. The number of benzene rings is 2. The molecule has 2 rings (SSSR count). The molecule has 2 aromatic rings. The summed E-state index contributed by atoms with van der Waals surface area (Å²) in [5.41, 5.74) is 0.542. The third-order valence-electron chi connectivity index (χ3n) is 5.04. The van der Waals surface area contributed by atoms with E-state index in [0.717, 1.165) is 22.7 Å². The summed E-state index contributed by atoms with van der Waals surface area (Å²) < 4.78 is 39.1. The number of hydrogen-bond donors (Lipinski definition) is 1. The number of carbonyl (C=O) groups excluding carboxylic acids is 2. The minimum atomic E-state index is -3.91. The van der Waals surface area contributed by atoms with Crippen molar-refractivity contribution >= 4 is 50.7 Å². The van der Waals surface area contributed by atoms with Crippen LogP contribution in [0.15, 0.2) is 42.5 Å². The fourth-order valence-corrected chi connectivity index (χ4v) is 4.48. The molecule has 1 atom stereocenters. The van der Waals surface area contributed by atoms with Crippen LogP contribution in [0.5, 0.6) is 0 Å². The second-order valence-electron chi connectivity index (χ2n) is 8.28. The zero-order valence-corrected chi connectivity index (χ0v) is 21.7. The molecule has 0 fully saturated rings. The van der Waals surface area contributed by atoms with Crippen LogP contribution in [0, 0.1) is 11.7 Å². The summed E-state index contributed by atoms with van der Waals surface area (Å²) in [5, 5.41) is 3.39. The van der Waals surface area contributed by atoms with Crippen molar-refractivity contribution in [1.29, 1.82) is 0 Å². The Hall–Kier alpha value is -2.36. The monoisotopic (exact) mass is 531 g/mol. The van der Waals surface area contributed by atoms with Crippen molar-refractivity contribution in [3.63, 3.8) is 0 Å². The third kappa shape index (κ3) is 7.58. The first-order valence-corrected chi connectivity index (χ1v) is 13.1. The van der Waals surface area contributed by atoms with Crippen molar-refractivity contribution in [2.24, 2.45) is 5.92 Å². The molecule has 0 heterocycles. The molecule has 34 heavy (non-hydrogen) atoms. The van der Waals surface area contributed by atoms with Crippen LogP contribution < -0.4 is 9.62 Å². The highest BCUT2D eigenvalue weighted by Gasteiger charge is 2.31. The first kappa shape index (κ1) is 27.9. The van der Waals surface area contributed by atoms with E-state index in [2.05, 4.69) is 5.32 Å². The predicted octanol–water partition coefficient (Wildman–Crippen LogP) is 4.09. The molecule has 0 saturated heterocycles. The van der Waals surface area contributed by atoms with E-state index in [0.29, 0.717) is 22.2 Å². The number of carbonyl (C=O) groups is 2. The maximum Gasteiger partial charge on any atom is 0.244 e. The fourth-order valence-electron chi connectivity index (χ4n) is 3.11. The van der Waals surface area contributed by atoms with Gasteiger partial charge in [-0.05, 0) is 49.2 Å². The lowest BCUT2D eigenvalue weighted by Gasteiger charge is -2.32. The number of halogens is 3. The zero-order valence-electron chi connectivity index (χ0n) is 19.4. The van der Waals surface area contributed by atoms with E-state index in [-0.39, 0.29) is 18.2 Å². The molecule has 0 aromatic heterocycles. The van der Waals surface area contributed by atoms with Crippen LogP contribution >= 0.6 is 23.2 Å². The van der Waals surface area contributed by atoms with E-state index in [9.17, 15) is 22.4 Å². The van der Waals surface area contributed by atoms with Gasteiger partial charge in [-0.2, -0.15) is 0 Å². The maximum atomic E-state index is 13.4. The number of sulfonamides is 1. The van der Waals surface area contributed by atoms with Crippen molar-refractivity contribution < 1.29 is 22.4 Å². The van der Waals surface area contributed by atoms with Crippen molar-refractivity contribution in [3.05, 3.63) is 63.9 Å². The second kappa shape index (κ2) is 11.9. The van der Waals surface area contributed by atoms with Gasteiger partial charge in [0.25, 0.3) is 0 Å². The van der Waals surface area contributed by atoms with Crippen LogP contribution in [0.4, 0.5) is 10.1 Å². The van der Waals surface area contributed by atoms with E-state index in [1.807, 2.05) is 13.8 Å². The average molecular weight is 532 g/mol. The van der Waals surface area contributed by atoms with Gasteiger partial charge in [0.2, 0.25) is 21.8 Å². The van der Waals surface area contributed by atoms with E-state index >= 15 is 0 Å². The van der Waals surface area contributed by atoms with Gasteiger partial charge in [-0.3, -0.25) is 13.9 Å². The van der Waals surface area contributed by atoms with Crippen molar-refractivity contribution in [3.8, 4) is 0 Å². The molecule has 0 aliphatic carbocycles. The predicted molar refractivity (Wildman–Crippen MR) is 133 cm³/mol. The van der Waals surface area contributed by atoms with Crippen LogP contribution in [0.3, 0.4) is 0 Å². The summed E-state index contributed by atoms with van der Waals surface area (Å²) in [6.45, 7) is 5.10. The number of rotatable bonds is 10.